The largest absolute Gasteiger partial charge is 0.436 e. The van der Waals surface area contributed by atoms with Gasteiger partial charge in [-0.25, -0.2) is 9.37 Å². The van der Waals surface area contributed by atoms with Gasteiger partial charge in [0.25, 0.3) is 5.91 Å². The van der Waals surface area contributed by atoms with Crippen LogP contribution in [0.5, 0.6) is 0 Å². The molecule has 0 saturated carbocycles. The molecule has 1 amide bonds. The summed E-state index contributed by atoms with van der Waals surface area (Å²) in [5, 5.41) is 3.12. The summed E-state index contributed by atoms with van der Waals surface area (Å²) >= 11 is 6.34. The number of carbonyl (C=O) groups is 1. The number of aromatic nitrogens is 1. The topological polar surface area (TPSA) is 55.1 Å². The molecule has 0 atom stereocenters. The molecule has 0 spiro atoms. The number of rotatable bonds is 3. The molecule has 4 nitrogen and oxygen atoms in total. The predicted octanol–water partition coefficient (Wildman–Crippen LogP) is 6.16. The van der Waals surface area contributed by atoms with Gasteiger partial charge in [-0.3, -0.25) is 4.79 Å². The van der Waals surface area contributed by atoms with Crippen LogP contribution in [0.1, 0.15) is 21.5 Å². The molecular formula is C22H16ClFN2O2. The second kappa shape index (κ2) is 7.09. The third-order valence-corrected chi connectivity index (χ3v) is 4.72. The van der Waals surface area contributed by atoms with Crippen LogP contribution in [0.15, 0.2) is 59.0 Å². The lowest BCUT2D eigenvalue weighted by molar-refractivity contribution is 0.102. The zero-order valence-corrected chi connectivity index (χ0v) is 16.0. The van der Waals surface area contributed by atoms with Gasteiger partial charge >= 0.3 is 0 Å². The van der Waals surface area contributed by atoms with Gasteiger partial charge in [0, 0.05) is 5.69 Å². The van der Waals surface area contributed by atoms with Crippen LogP contribution in [-0.2, 0) is 0 Å². The predicted molar refractivity (Wildman–Crippen MR) is 108 cm³/mol. The van der Waals surface area contributed by atoms with E-state index in [-0.39, 0.29) is 5.56 Å². The van der Waals surface area contributed by atoms with Gasteiger partial charge < -0.3 is 9.73 Å². The standard InChI is InChI=1S/C22H16ClFN2O2/c1-12-9-13(2)20-19(10-12)26-22(28-20)16-11-14(7-8-17(16)23)25-21(27)15-5-3-4-6-18(15)24/h3-11H,1-2H3,(H,25,27). The molecule has 3 aromatic carbocycles. The average Bonchev–Trinajstić information content (AvgIpc) is 3.07. The number of hydrogen-bond donors (Lipinski definition) is 1. The monoisotopic (exact) mass is 394 g/mol. The minimum Gasteiger partial charge on any atom is -0.436 e. The van der Waals surface area contributed by atoms with Crippen LogP contribution >= 0.6 is 11.6 Å². The smallest absolute Gasteiger partial charge is 0.258 e. The molecule has 1 aromatic heterocycles. The molecule has 6 heteroatoms. The van der Waals surface area contributed by atoms with Crippen molar-refractivity contribution in [3.8, 4) is 11.5 Å². The fourth-order valence-corrected chi connectivity index (χ4v) is 3.30. The Morgan fingerprint density at radius 1 is 1.11 bits per heavy atom. The number of oxazole rings is 1. The van der Waals surface area contributed by atoms with Gasteiger partial charge in [-0.15, -0.1) is 0 Å². The quantitative estimate of drug-likeness (QED) is 0.453. The molecule has 0 radical (unpaired) electrons. The molecule has 28 heavy (non-hydrogen) atoms. The van der Waals surface area contributed by atoms with Crippen molar-refractivity contribution in [3.63, 3.8) is 0 Å². The maximum absolute atomic E-state index is 13.8. The number of nitrogens with zero attached hydrogens (tertiary/aromatic N) is 1. The van der Waals surface area contributed by atoms with Crippen LogP contribution in [-0.4, -0.2) is 10.9 Å². The van der Waals surface area contributed by atoms with E-state index in [2.05, 4.69) is 10.3 Å². The Morgan fingerprint density at radius 2 is 1.89 bits per heavy atom. The molecule has 4 aromatic rings. The van der Waals surface area contributed by atoms with E-state index in [4.69, 9.17) is 16.0 Å². The molecule has 0 aliphatic heterocycles. The van der Waals surface area contributed by atoms with Crippen molar-refractivity contribution < 1.29 is 13.6 Å². The molecule has 0 aliphatic rings. The van der Waals surface area contributed by atoms with Crippen LogP contribution in [0.25, 0.3) is 22.6 Å². The van der Waals surface area contributed by atoms with E-state index in [1.165, 1.54) is 18.2 Å². The zero-order valence-electron chi connectivity index (χ0n) is 15.2. The summed E-state index contributed by atoms with van der Waals surface area (Å²) < 4.78 is 19.7. The van der Waals surface area contributed by atoms with Crippen LogP contribution < -0.4 is 5.32 Å². The van der Waals surface area contributed by atoms with Crippen molar-refractivity contribution in [1.82, 2.24) is 4.98 Å². The molecule has 1 heterocycles. The highest BCUT2D eigenvalue weighted by atomic mass is 35.5. The van der Waals surface area contributed by atoms with E-state index < -0.39 is 11.7 Å². The van der Waals surface area contributed by atoms with E-state index in [1.54, 1.807) is 24.3 Å². The van der Waals surface area contributed by atoms with Gasteiger partial charge in [-0.1, -0.05) is 29.8 Å². The molecule has 4 rings (SSSR count). The number of nitrogens with one attached hydrogen (secondary N) is 1. The van der Waals surface area contributed by atoms with Gasteiger partial charge in [-0.05, 0) is 61.4 Å². The Balaban J connectivity index is 1.71. The summed E-state index contributed by atoms with van der Waals surface area (Å²) in [5.41, 5.74) is 4.47. The Bertz CT molecular complexity index is 1220. The summed E-state index contributed by atoms with van der Waals surface area (Å²) in [6.07, 6.45) is 0. The maximum Gasteiger partial charge on any atom is 0.258 e. The lowest BCUT2D eigenvalue weighted by atomic mass is 10.1. The number of hydrogen-bond acceptors (Lipinski definition) is 3. The van der Waals surface area contributed by atoms with E-state index in [0.717, 1.165) is 16.6 Å². The fourth-order valence-electron chi connectivity index (χ4n) is 3.10. The van der Waals surface area contributed by atoms with Crippen LogP contribution in [0.4, 0.5) is 10.1 Å². The van der Waals surface area contributed by atoms with Gasteiger partial charge in [0.1, 0.15) is 11.3 Å². The molecule has 1 N–H and O–H groups in total. The lowest BCUT2D eigenvalue weighted by Crippen LogP contribution is -2.13. The van der Waals surface area contributed by atoms with Gasteiger partial charge in [0.2, 0.25) is 5.89 Å². The van der Waals surface area contributed by atoms with E-state index in [1.807, 2.05) is 26.0 Å². The highest BCUT2D eigenvalue weighted by molar-refractivity contribution is 6.33. The number of amides is 1. The second-order valence-electron chi connectivity index (χ2n) is 6.58. The minimum atomic E-state index is -0.584. The molecule has 0 fully saturated rings. The van der Waals surface area contributed by atoms with Crippen molar-refractivity contribution in [3.05, 3.63) is 82.1 Å². The minimum absolute atomic E-state index is 0.0352. The average molecular weight is 395 g/mol. The molecule has 0 unspecified atom stereocenters. The first-order chi connectivity index (χ1) is 13.4. The van der Waals surface area contributed by atoms with Gasteiger partial charge in [0.05, 0.1) is 16.1 Å². The van der Waals surface area contributed by atoms with Crippen LogP contribution in [0.3, 0.4) is 0 Å². The molecule has 140 valence electrons. The summed E-state index contributed by atoms with van der Waals surface area (Å²) in [7, 11) is 0. The second-order valence-corrected chi connectivity index (χ2v) is 6.98. The maximum atomic E-state index is 13.8. The number of fused-ring (bicyclic) bond motifs is 1. The number of aryl methyl sites for hydroxylation is 2. The normalized spacial score (nSPS) is 11.0. The Labute approximate surface area is 166 Å². The van der Waals surface area contributed by atoms with Crippen molar-refractivity contribution in [1.29, 1.82) is 0 Å². The van der Waals surface area contributed by atoms with Crippen molar-refractivity contribution in [2.75, 3.05) is 5.32 Å². The van der Waals surface area contributed by atoms with Gasteiger partial charge in [0.15, 0.2) is 5.58 Å². The zero-order chi connectivity index (χ0) is 19.8. The lowest BCUT2D eigenvalue weighted by Gasteiger charge is -2.08. The third-order valence-electron chi connectivity index (χ3n) is 4.39. The summed E-state index contributed by atoms with van der Waals surface area (Å²) in [4.78, 5) is 16.9. The first kappa shape index (κ1) is 18.2. The van der Waals surface area contributed by atoms with Crippen molar-refractivity contribution >= 4 is 34.3 Å². The van der Waals surface area contributed by atoms with E-state index in [0.29, 0.717) is 27.7 Å². The first-order valence-corrected chi connectivity index (χ1v) is 9.04. The number of halogens is 2. The summed E-state index contributed by atoms with van der Waals surface area (Å²) in [5.74, 6) is -0.773. The number of benzene rings is 3. The highest BCUT2D eigenvalue weighted by Gasteiger charge is 2.16. The molecule has 0 bridgehead atoms. The Morgan fingerprint density at radius 3 is 2.68 bits per heavy atom. The van der Waals surface area contributed by atoms with Crippen LogP contribution in [0, 0.1) is 19.7 Å². The summed E-state index contributed by atoms with van der Waals surface area (Å²) in [6.45, 7) is 3.95. The van der Waals surface area contributed by atoms with Gasteiger partial charge in [-0.2, -0.15) is 0 Å². The Kier molecular flexibility index (Phi) is 4.61. The Hall–Kier alpha value is -3.18. The number of carbonyl (C=O) groups excluding carboxylic acids is 1. The fraction of sp³-hybridized carbons (Fsp3) is 0.0909. The molecule has 0 saturated heterocycles. The SMILES string of the molecule is Cc1cc(C)c2oc(-c3cc(NC(=O)c4ccccc4F)ccc3Cl)nc2c1. The van der Waals surface area contributed by atoms with E-state index in [9.17, 15) is 9.18 Å². The molecular weight excluding hydrogens is 379 g/mol. The first-order valence-electron chi connectivity index (χ1n) is 8.66. The summed E-state index contributed by atoms with van der Waals surface area (Å²) in [6, 6.07) is 14.7. The highest BCUT2D eigenvalue weighted by Crippen LogP contribution is 2.33. The van der Waals surface area contributed by atoms with Crippen molar-refractivity contribution in [2.45, 2.75) is 13.8 Å². The molecule has 0 aliphatic carbocycles. The van der Waals surface area contributed by atoms with Crippen molar-refractivity contribution in [2.24, 2.45) is 0 Å². The number of anilines is 1. The van der Waals surface area contributed by atoms with Crippen LogP contribution in [0.2, 0.25) is 5.02 Å². The van der Waals surface area contributed by atoms with E-state index >= 15 is 0 Å². The third kappa shape index (κ3) is 3.37.